The van der Waals surface area contributed by atoms with Crippen molar-refractivity contribution < 1.29 is 24.2 Å². The van der Waals surface area contributed by atoms with Gasteiger partial charge in [-0.1, -0.05) is 12.1 Å². The van der Waals surface area contributed by atoms with Crippen LogP contribution in [0.3, 0.4) is 0 Å². The van der Waals surface area contributed by atoms with Gasteiger partial charge in [0, 0.05) is 33.4 Å². The van der Waals surface area contributed by atoms with Gasteiger partial charge in [0.2, 0.25) is 5.91 Å². The Morgan fingerprint density at radius 3 is 2.42 bits per heavy atom. The molecule has 1 heterocycles. The SMILES string of the molecule is COCCCOC1CCN(C(=O)Cc2ccc(C(=O)O)cc2)CC1. The molecule has 1 aromatic rings. The van der Waals surface area contributed by atoms with Gasteiger partial charge in [-0.15, -0.1) is 0 Å². The van der Waals surface area contributed by atoms with Crippen LogP contribution in [0.5, 0.6) is 0 Å². The number of carbonyl (C=O) groups excluding carboxylic acids is 1. The number of likely N-dealkylation sites (tertiary alicyclic amines) is 1. The van der Waals surface area contributed by atoms with E-state index in [-0.39, 0.29) is 17.6 Å². The molecule has 0 aliphatic carbocycles. The number of hydrogen-bond acceptors (Lipinski definition) is 4. The molecule has 1 amide bonds. The minimum Gasteiger partial charge on any atom is -0.478 e. The summed E-state index contributed by atoms with van der Waals surface area (Å²) in [7, 11) is 1.68. The summed E-state index contributed by atoms with van der Waals surface area (Å²) in [6.07, 6.45) is 3.13. The van der Waals surface area contributed by atoms with Crippen LogP contribution < -0.4 is 0 Å². The summed E-state index contributed by atoms with van der Waals surface area (Å²) >= 11 is 0. The number of benzene rings is 1. The molecule has 0 aromatic heterocycles. The minimum atomic E-state index is -0.958. The van der Waals surface area contributed by atoms with E-state index in [1.54, 1.807) is 19.2 Å². The zero-order valence-corrected chi connectivity index (χ0v) is 14.1. The maximum atomic E-state index is 12.3. The van der Waals surface area contributed by atoms with E-state index in [2.05, 4.69) is 0 Å². The topological polar surface area (TPSA) is 76.1 Å². The van der Waals surface area contributed by atoms with E-state index >= 15 is 0 Å². The number of rotatable bonds is 8. The van der Waals surface area contributed by atoms with E-state index in [0.717, 1.165) is 24.8 Å². The third-order valence-corrected chi connectivity index (χ3v) is 4.20. The smallest absolute Gasteiger partial charge is 0.335 e. The Balaban J connectivity index is 1.73. The molecule has 0 bridgehead atoms. The molecule has 1 saturated heterocycles. The fraction of sp³-hybridized carbons (Fsp3) is 0.556. The van der Waals surface area contributed by atoms with Crippen LogP contribution in [0, 0.1) is 0 Å². The van der Waals surface area contributed by atoms with E-state index < -0.39 is 5.97 Å². The summed E-state index contributed by atoms with van der Waals surface area (Å²) in [5, 5.41) is 8.88. The largest absolute Gasteiger partial charge is 0.478 e. The highest BCUT2D eigenvalue weighted by Gasteiger charge is 2.23. The highest BCUT2D eigenvalue weighted by atomic mass is 16.5. The number of carboxylic acid groups (broad SMARTS) is 1. The Morgan fingerprint density at radius 1 is 1.17 bits per heavy atom. The van der Waals surface area contributed by atoms with Crippen molar-refractivity contribution in [1.29, 1.82) is 0 Å². The second kappa shape index (κ2) is 9.39. The second-order valence-electron chi connectivity index (χ2n) is 5.98. The van der Waals surface area contributed by atoms with Gasteiger partial charge in [-0.25, -0.2) is 4.79 Å². The lowest BCUT2D eigenvalue weighted by molar-refractivity contribution is -0.133. The second-order valence-corrected chi connectivity index (χ2v) is 5.98. The fourth-order valence-corrected chi connectivity index (χ4v) is 2.78. The molecule has 6 heteroatoms. The summed E-state index contributed by atoms with van der Waals surface area (Å²) in [5.41, 5.74) is 1.07. The number of amides is 1. The molecule has 0 spiro atoms. The van der Waals surface area contributed by atoms with Crippen molar-refractivity contribution in [2.45, 2.75) is 31.8 Å². The van der Waals surface area contributed by atoms with Crippen LogP contribution in [0.15, 0.2) is 24.3 Å². The van der Waals surface area contributed by atoms with Gasteiger partial charge in [-0.2, -0.15) is 0 Å². The standard InChI is InChI=1S/C18H25NO5/c1-23-11-2-12-24-16-7-9-19(10-8-16)17(20)13-14-3-5-15(6-4-14)18(21)22/h3-6,16H,2,7-13H2,1H3,(H,21,22). The highest BCUT2D eigenvalue weighted by Crippen LogP contribution is 2.16. The Kier molecular flexibility index (Phi) is 7.21. The Bertz CT molecular complexity index is 535. The van der Waals surface area contributed by atoms with E-state index in [1.807, 2.05) is 4.90 Å². The van der Waals surface area contributed by atoms with Gasteiger partial charge in [-0.05, 0) is 37.0 Å². The summed E-state index contributed by atoms with van der Waals surface area (Å²) in [4.78, 5) is 25.0. The van der Waals surface area contributed by atoms with Crippen LogP contribution in [0.25, 0.3) is 0 Å². The minimum absolute atomic E-state index is 0.0795. The van der Waals surface area contributed by atoms with Gasteiger partial charge in [0.15, 0.2) is 0 Å². The first kappa shape index (κ1) is 18.4. The third kappa shape index (κ3) is 5.62. The molecule has 24 heavy (non-hydrogen) atoms. The van der Waals surface area contributed by atoms with Crippen molar-refractivity contribution in [2.75, 3.05) is 33.4 Å². The Hall–Kier alpha value is -1.92. The Morgan fingerprint density at radius 2 is 1.83 bits per heavy atom. The molecule has 1 aliphatic rings. The van der Waals surface area contributed by atoms with E-state index in [9.17, 15) is 9.59 Å². The molecule has 1 aromatic carbocycles. The summed E-state index contributed by atoms with van der Waals surface area (Å²) in [6.45, 7) is 2.82. The van der Waals surface area contributed by atoms with Crippen LogP contribution in [-0.4, -0.2) is 61.4 Å². The fourth-order valence-electron chi connectivity index (χ4n) is 2.78. The molecule has 6 nitrogen and oxygen atoms in total. The average Bonchev–Trinajstić information content (AvgIpc) is 2.59. The molecule has 1 N–H and O–H groups in total. The van der Waals surface area contributed by atoms with Crippen LogP contribution in [0.2, 0.25) is 0 Å². The quantitative estimate of drug-likeness (QED) is 0.735. The summed E-state index contributed by atoms with van der Waals surface area (Å²) in [6, 6.07) is 6.47. The number of nitrogens with zero attached hydrogens (tertiary/aromatic N) is 1. The molecular weight excluding hydrogens is 310 g/mol. The predicted octanol–water partition coefficient (Wildman–Crippen LogP) is 1.97. The highest BCUT2D eigenvalue weighted by molar-refractivity contribution is 5.87. The van der Waals surface area contributed by atoms with E-state index in [1.165, 1.54) is 12.1 Å². The molecule has 0 saturated carbocycles. The molecule has 2 rings (SSSR count). The number of hydrogen-bond donors (Lipinski definition) is 1. The monoisotopic (exact) mass is 335 g/mol. The van der Waals surface area contributed by atoms with Crippen LogP contribution in [-0.2, 0) is 20.7 Å². The number of carbonyl (C=O) groups is 2. The maximum Gasteiger partial charge on any atom is 0.335 e. The maximum absolute atomic E-state index is 12.3. The van der Waals surface area contributed by atoms with Crippen molar-refractivity contribution in [1.82, 2.24) is 4.90 Å². The lowest BCUT2D eigenvalue weighted by atomic mass is 10.0. The first-order valence-electron chi connectivity index (χ1n) is 8.30. The van der Waals surface area contributed by atoms with Gasteiger partial charge in [0.05, 0.1) is 18.1 Å². The Labute approximate surface area is 142 Å². The number of piperidine rings is 1. The van der Waals surface area contributed by atoms with Crippen molar-refractivity contribution in [3.8, 4) is 0 Å². The molecule has 1 aliphatic heterocycles. The van der Waals surface area contributed by atoms with Gasteiger partial charge in [0.25, 0.3) is 0 Å². The van der Waals surface area contributed by atoms with Gasteiger partial charge < -0.3 is 19.5 Å². The van der Waals surface area contributed by atoms with Crippen LogP contribution in [0.4, 0.5) is 0 Å². The summed E-state index contributed by atoms with van der Waals surface area (Å²) in [5.74, 6) is -0.878. The molecule has 0 unspecified atom stereocenters. The number of methoxy groups -OCH3 is 1. The van der Waals surface area contributed by atoms with Crippen LogP contribution >= 0.6 is 0 Å². The van der Waals surface area contributed by atoms with Crippen molar-refractivity contribution >= 4 is 11.9 Å². The molecule has 1 fully saturated rings. The van der Waals surface area contributed by atoms with E-state index in [4.69, 9.17) is 14.6 Å². The lowest BCUT2D eigenvalue weighted by Gasteiger charge is -2.32. The summed E-state index contributed by atoms with van der Waals surface area (Å²) < 4.78 is 10.8. The van der Waals surface area contributed by atoms with Crippen LogP contribution in [0.1, 0.15) is 35.2 Å². The zero-order valence-electron chi connectivity index (χ0n) is 14.1. The van der Waals surface area contributed by atoms with Crippen molar-refractivity contribution in [3.63, 3.8) is 0 Å². The van der Waals surface area contributed by atoms with E-state index in [0.29, 0.717) is 32.7 Å². The number of aromatic carboxylic acids is 1. The molecule has 0 radical (unpaired) electrons. The zero-order chi connectivity index (χ0) is 17.4. The number of ether oxygens (including phenoxy) is 2. The number of carboxylic acids is 1. The van der Waals surface area contributed by atoms with Gasteiger partial charge in [0.1, 0.15) is 0 Å². The molecule has 0 atom stereocenters. The molecular formula is C18H25NO5. The molecule has 132 valence electrons. The predicted molar refractivity (Wildman–Crippen MR) is 89.2 cm³/mol. The van der Waals surface area contributed by atoms with Crippen molar-refractivity contribution in [2.24, 2.45) is 0 Å². The average molecular weight is 335 g/mol. The van der Waals surface area contributed by atoms with Crippen molar-refractivity contribution in [3.05, 3.63) is 35.4 Å². The van der Waals surface area contributed by atoms with Gasteiger partial charge >= 0.3 is 5.97 Å². The normalized spacial score (nSPS) is 15.5. The first-order chi connectivity index (χ1) is 11.6. The third-order valence-electron chi connectivity index (χ3n) is 4.20. The lowest BCUT2D eigenvalue weighted by Crippen LogP contribution is -2.41. The first-order valence-corrected chi connectivity index (χ1v) is 8.30. The van der Waals surface area contributed by atoms with Gasteiger partial charge in [-0.3, -0.25) is 4.79 Å².